The van der Waals surface area contributed by atoms with Crippen molar-refractivity contribution in [3.8, 4) is 10.8 Å². The molecular formula is C24H29N3O3S. The molecule has 1 saturated heterocycles. The van der Waals surface area contributed by atoms with Crippen molar-refractivity contribution in [1.82, 2.24) is 14.8 Å². The summed E-state index contributed by atoms with van der Waals surface area (Å²) in [5.41, 5.74) is 1.84. The molecule has 31 heavy (non-hydrogen) atoms. The molecule has 0 bridgehead atoms. The highest BCUT2D eigenvalue weighted by Crippen LogP contribution is 2.26. The average Bonchev–Trinajstić information content (AvgIpc) is 3.44. The molecule has 1 fully saturated rings. The summed E-state index contributed by atoms with van der Waals surface area (Å²) in [6, 6.07) is 14.2. The van der Waals surface area contributed by atoms with Gasteiger partial charge in [0.2, 0.25) is 11.8 Å². The number of thiophene rings is 1. The van der Waals surface area contributed by atoms with Crippen molar-refractivity contribution in [2.75, 3.05) is 32.8 Å². The highest BCUT2D eigenvalue weighted by atomic mass is 32.1. The van der Waals surface area contributed by atoms with Crippen LogP contribution in [0.3, 0.4) is 0 Å². The van der Waals surface area contributed by atoms with Crippen molar-refractivity contribution in [1.29, 1.82) is 0 Å². The zero-order valence-corrected chi connectivity index (χ0v) is 18.9. The van der Waals surface area contributed by atoms with Crippen LogP contribution in [0.5, 0.6) is 0 Å². The number of amides is 1. The van der Waals surface area contributed by atoms with E-state index in [4.69, 9.17) is 9.15 Å². The Morgan fingerprint density at radius 3 is 2.68 bits per heavy atom. The zero-order chi connectivity index (χ0) is 21.6. The van der Waals surface area contributed by atoms with Crippen LogP contribution < -0.4 is 0 Å². The van der Waals surface area contributed by atoms with E-state index in [1.807, 2.05) is 47.5 Å². The number of aromatic nitrogens is 1. The minimum absolute atomic E-state index is 0.0683. The fourth-order valence-corrected chi connectivity index (χ4v) is 4.52. The molecule has 1 amide bonds. The predicted molar refractivity (Wildman–Crippen MR) is 122 cm³/mol. The number of hydrogen-bond donors (Lipinski definition) is 0. The average molecular weight is 440 g/mol. The van der Waals surface area contributed by atoms with Gasteiger partial charge in [-0.25, -0.2) is 4.98 Å². The van der Waals surface area contributed by atoms with Gasteiger partial charge in [-0.1, -0.05) is 36.4 Å². The number of hydrogen-bond acceptors (Lipinski definition) is 6. The Hall–Kier alpha value is -2.48. The largest absolute Gasteiger partial charge is 0.440 e. The number of aryl methyl sites for hydroxylation is 1. The van der Waals surface area contributed by atoms with Gasteiger partial charge in [0.05, 0.1) is 30.2 Å². The van der Waals surface area contributed by atoms with Crippen molar-refractivity contribution in [2.24, 2.45) is 0 Å². The Morgan fingerprint density at radius 1 is 1.19 bits per heavy atom. The fraction of sp³-hybridized carbons (Fsp3) is 0.417. The van der Waals surface area contributed by atoms with Crippen molar-refractivity contribution < 1.29 is 13.9 Å². The Kier molecular flexibility index (Phi) is 7.17. The Bertz CT molecular complexity index is 965. The van der Waals surface area contributed by atoms with Crippen LogP contribution >= 0.6 is 11.3 Å². The zero-order valence-electron chi connectivity index (χ0n) is 18.1. The summed E-state index contributed by atoms with van der Waals surface area (Å²) in [7, 11) is 0. The quantitative estimate of drug-likeness (QED) is 0.531. The predicted octanol–water partition coefficient (Wildman–Crippen LogP) is 4.00. The third-order valence-corrected chi connectivity index (χ3v) is 6.48. The second-order valence-corrected chi connectivity index (χ2v) is 8.89. The summed E-state index contributed by atoms with van der Waals surface area (Å²) >= 11 is 1.58. The lowest BCUT2D eigenvalue weighted by molar-refractivity contribution is -0.133. The Labute approximate surface area is 187 Å². The lowest BCUT2D eigenvalue weighted by atomic mass is 10.1. The van der Waals surface area contributed by atoms with E-state index in [0.717, 1.165) is 43.3 Å². The number of morpholine rings is 1. The maximum Gasteiger partial charge on any atom is 0.236 e. The SMILES string of the molecule is Cc1oc(-c2cccs2)nc1CC(=O)N(Cc1ccccc1)C(C)CN1CCOCC1. The van der Waals surface area contributed by atoms with Gasteiger partial charge in [0.1, 0.15) is 5.76 Å². The molecule has 3 aromatic rings. The highest BCUT2D eigenvalue weighted by molar-refractivity contribution is 7.13. The molecule has 1 atom stereocenters. The van der Waals surface area contributed by atoms with Gasteiger partial charge >= 0.3 is 0 Å². The van der Waals surface area contributed by atoms with Gasteiger partial charge in [0.15, 0.2) is 0 Å². The minimum atomic E-state index is 0.0683. The molecule has 4 rings (SSSR count). The summed E-state index contributed by atoms with van der Waals surface area (Å²) in [4.78, 5) is 23.4. The molecule has 2 aromatic heterocycles. The molecule has 1 aliphatic rings. The summed E-state index contributed by atoms with van der Waals surface area (Å²) in [5, 5.41) is 1.99. The first-order chi connectivity index (χ1) is 15.1. The number of benzene rings is 1. The van der Waals surface area contributed by atoms with E-state index < -0.39 is 0 Å². The van der Waals surface area contributed by atoms with Gasteiger partial charge in [0, 0.05) is 32.2 Å². The van der Waals surface area contributed by atoms with E-state index in [9.17, 15) is 4.79 Å². The van der Waals surface area contributed by atoms with Crippen LogP contribution in [-0.2, 0) is 22.5 Å². The van der Waals surface area contributed by atoms with E-state index in [1.54, 1.807) is 11.3 Å². The summed E-state index contributed by atoms with van der Waals surface area (Å²) in [6.45, 7) is 8.75. The van der Waals surface area contributed by atoms with E-state index >= 15 is 0 Å². The van der Waals surface area contributed by atoms with Crippen LogP contribution in [0.2, 0.25) is 0 Å². The molecule has 0 radical (unpaired) electrons. The molecule has 0 aliphatic carbocycles. The lowest BCUT2D eigenvalue weighted by Gasteiger charge is -2.35. The Balaban J connectivity index is 1.50. The standard InChI is InChI=1S/C24H29N3O3S/c1-18(16-26-10-12-29-13-11-26)27(17-20-7-4-3-5-8-20)23(28)15-21-19(2)30-24(25-21)22-9-6-14-31-22/h3-9,14,18H,10-13,15-17H2,1-2H3. The van der Waals surface area contributed by atoms with Gasteiger partial charge in [-0.05, 0) is 30.9 Å². The van der Waals surface area contributed by atoms with Crippen LogP contribution in [0.4, 0.5) is 0 Å². The Morgan fingerprint density at radius 2 is 1.97 bits per heavy atom. The number of carbonyl (C=O) groups is 1. The summed E-state index contributed by atoms with van der Waals surface area (Å²) < 4.78 is 11.3. The van der Waals surface area contributed by atoms with Gasteiger partial charge < -0.3 is 14.1 Å². The first-order valence-electron chi connectivity index (χ1n) is 10.7. The number of ether oxygens (including phenoxy) is 1. The third-order valence-electron chi connectivity index (χ3n) is 5.62. The van der Waals surface area contributed by atoms with Crippen molar-refractivity contribution in [3.05, 3.63) is 64.9 Å². The molecule has 0 saturated carbocycles. The number of nitrogens with zero attached hydrogens (tertiary/aromatic N) is 3. The van der Waals surface area contributed by atoms with Crippen LogP contribution in [0.15, 0.2) is 52.3 Å². The monoisotopic (exact) mass is 439 g/mol. The molecule has 0 N–H and O–H groups in total. The van der Waals surface area contributed by atoms with Gasteiger partial charge in [0.25, 0.3) is 0 Å². The fourth-order valence-electron chi connectivity index (χ4n) is 3.87. The normalized spacial score (nSPS) is 15.7. The smallest absolute Gasteiger partial charge is 0.236 e. The molecule has 164 valence electrons. The second kappa shape index (κ2) is 10.2. The van der Waals surface area contributed by atoms with E-state index in [1.165, 1.54) is 0 Å². The second-order valence-electron chi connectivity index (χ2n) is 7.95. The van der Waals surface area contributed by atoms with Crippen LogP contribution in [-0.4, -0.2) is 59.6 Å². The third kappa shape index (κ3) is 5.61. The molecule has 1 aromatic carbocycles. The van der Waals surface area contributed by atoms with Gasteiger partial charge in [-0.3, -0.25) is 9.69 Å². The first kappa shape index (κ1) is 21.7. The first-order valence-corrected chi connectivity index (χ1v) is 11.6. The maximum atomic E-state index is 13.5. The summed E-state index contributed by atoms with van der Waals surface area (Å²) in [6.07, 6.45) is 0.237. The summed E-state index contributed by atoms with van der Waals surface area (Å²) in [5.74, 6) is 1.36. The molecule has 6 nitrogen and oxygen atoms in total. The van der Waals surface area contributed by atoms with Gasteiger partial charge in [-0.2, -0.15) is 0 Å². The minimum Gasteiger partial charge on any atom is -0.440 e. The van der Waals surface area contributed by atoms with Crippen molar-refractivity contribution in [3.63, 3.8) is 0 Å². The van der Waals surface area contributed by atoms with Crippen LogP contribution in [0.1, 0.15) is 23.9 Å². The molecular weight excluding hydrogens is 410 g/mol. The molecule has 1 aliphatic heterocycles. The van der Waals surface area contributed by atoms with E-state index in [-0.39, 0.29) is 18.4 Å². The van der Waals surface area contributed by atoms with Crippen molar-refractivity contribution in [2.45, 2.75) is 32.9 Å². The van der Waals surface area contributed by atoms with Gasteiger partial charge in [-0.15, -0.1) is 11.3 Å². The van der Waals surface area contributed by atoms with Crippen LogP contribution in [0, 0.1) is 6.92 Å². The number of carbonyl (C=O) groups excluding carboxylic acids is 1. The van der Waals surface area contributed by atoms with E-state index in [2.05, 4.69) is 28.9 Å². The molecule has 7 heteroatoms. The number of rotatable bonds is 8. The van der Waals surface area contributed by atoms with Crippen molar-refractivity contribution >= 4 is 17.2 Å². The lowest BCUT2D eigenvalue weighted by Crippen LogP contribution is -2.48. The topological polar surface area (TPSA) is 58.8 Å². The molecule has 1 unspecified atom stereocenters. The van der Waals surface area contributed by atoms with Crippen LogP contribution in [0.25, 0.3) is 10.8 Å². The highest BCUT2D eigenvalue weighted by Gasteiger charge is 2.25. The number of oxazole rings is 1. The molecule has 3 heterocycles. The molecule has 0 spiro atoms. The van der Waals surface area contributed by atoms with E-state index in [0.29, 0.717) is 23.9 Å². The maximum absolute atomic E-state index is 13.5.